The second-order valence-corrected chi connectivity index (χ2v) is 11.6. The standard InChI is InChI=1S/C30H30F2N2O3/c1-16-22-15-33-14-18(22)8-25-26(16)27(19-10-30(11-19)12-20(13-30)29(35)36)28(17-4-6-37-7-5-17)34(25)21-2-3-23(31)24(32)9-21/h2-3,8-9,14,17,19-20H,4-7,10-13,15H2,1H3,(H,35,36). The molecule has 2 aromatic carbocycles. The van der Waals surface area contributed by atoms with Crippen molar-refractivity contribution in [3.63, 3.8) is 0 Å². The number of aromatic nitrogens is 1. The van der Waals surface area contributed by atoms with Crippen molar-refractivity contribution in [3.8, 4) is 5.69 Å². The summed E-state index contributed by atoms with van der Waals surface area (Å²) < 4.78 is 36.4. The van der Waals surface area contributed by atoms with Gasteiger partial charge in [0, 0.05) is 48.2 Å². The van der Waals surface area contributed by atoms with Crippen molar-refractivity contribution in [3.05, 3.63) is 63.8 Å². The Kier molecular flexibility index (Phi) is 5.13. The van der Waals surface area contributed by atoms with Gasteiger partial charge >= 0.3 is 5.97 Å². The Bertz CT molecular complexity index is 1470. The first-order valence-electron chi connectivity index (χ1n) is 13.3. The maximum absolute atomic E-state index is 14.6. The monoisotopic (exact) mass is 504 g/mol. The van der Waals surface area contributed by atoms with Crippen LogP contribution in [0.3, 0.4) is 0 Å². The maximum Gasteiger partial charge on any atom is 0.306 e. The molecule has 1 spiro atoms. The number of aryl methyl sites for hydroxylation is 1. The van der Waals surface area contributed by atoms with E-state index in [1.807, 2.05) is 6.21 Å². The molecule has 3 heterocycles. The third-order valence-electron chi connectivity index (χ3n) is 9.48. The first-order chi connectivity index (χ1) is 17.8. The van der Waals surface area contributed by atoms with Crippen molar-refractivity contribution in [2.75, 3.05) is 13.2 Å². The van der Waals surface area contributed by atoms with Crippen LogP contribution in [0.2, 0.25) is 0 Å². The molecule has 192 valence electrons. The van der Waals surface area contributed by atoms with Gasteiger partial charge in [0.05, 0.1) is 18.0 Å². The minimum atomic E-state index is -0.852. The molecular weight excluding hydrogens is 474 g/mol. The van der Waals surface area contributed by atoms with Crippen LogP contribution < -0.4 is 0 Å². The van der Waals surface area contributed by atoms with Crippen molar-refractivity contribution < 1.29 is 23.4 Å². The summed E-state index contributed by atoms with van der Waals surface area (Å²) in [6, 6.07) is 6.36. The molecule has 7 rings (SSSR count). The van der Waals surface area contributed by atoms with Gasteiger partial charge in [-0.15, -0.1) is 0 Å². The van der Waals surface area contributed by atoms with E-state index in [0.29, 0.717) is 31.4 Å². The Morgan fingerprint density at radius 1 is 1.08 bits per heavy atom. The van der Waals surface area contributed by atoms with Crippen molar-refractivity contribution in [1.29, 1.82) is 0 Å². The summed E-state index contributed by atoms with van der Waals surface area (Å²) in [6.07, 6.45) is 7.16. The fourth-order valence-corrected chi connectivity index (χ4v) is 7.69. The Labute approximate surface area is 214 Å². The zero-order valence-electron chi connectivity index (χ0n) is 20.9. The van der Waals surface area contributed by atoms with Gasteiger partial charge in [0.2, 0.25) is 0 Å². The van der Waals surface area contributed by atoms with Gasteiger partial charge < -0.3 is 14.4 Å². The van der Waals surface area contributed by atoms with Crippen LogP contribution in [0.25, 0.3) is 16.6 Å². The van der Waals surface area contributed by atoms with Crippen LogP contribution in [-0.4, -0.2) is 35.1 Å². The molecule has 1 saturated heterocycles. The number of hydrogen-bond donors (Lipinski definition) is 1. The van der Waals surface area contributed by atoms with E-state index in [9.17, 15) is 18.7 Å². The number of nitrogens with zero attached hydrogens (tertiary/aromatic N) is 2. The van der Waals surface area contributed by atoms with Crippen molar-refractivity contribution in [1.82, 2.24) is 4.57 Å². The van der Waals surface area contributed by atoms with Crippen LogP contribution in [0, 0.1) is 29.9 Å². The largest absolute Gasteiger partial charge is 0.481 e. The molecule has 2 aliphatic heterocycles. The van der Waals surface area contributed by atoms with E-state index in [2.05, 4.69) is 22.5 Å². The fraction of sp³-hybridized carbons (Fsp3) is 0.467. The van der Waals surface area contributed by atoms with Gasteiger partial charge in [-0.3, -0.25) is 9.79 Å². The van der Waals surface area contributed by atoms with Crippen molar-refractivity contribution >= 4 is 23.1 Å². The van der Waals surface area contributed by atoms with E-state index < -0.39 is 17.6 Å². The molecule has 37 heavy (non-hydrogen) atoms. The molecule has 0 atom stereocenters. The molecule has 1 N–H and O–H groups in total. The number of carbonyl (C=O) groups is 1. The Morgan fingerprint density at radius 2 is 1.84 bits per heavy atom. The van der Waals surface area contributed by atoms with Gasteiger partial charge in [-0.1, -0.05) is 0 Å². The Balaban J connectivity index is 1.45. The lowest BCUT2D eigenvalue weighted by molar-refractivity contribution is -0.155. The number of aliphatic carboxylic acids is 1. The smallest absolute Gasteiger partial charge is 0.306 e. The van der Waals surface area contributed by atoms with Crippen LogP contribution in [0.15, 0.2) is 29.3 Å². The van der Waals surface area contributed by atoms with E-state index in [1.54, 1.807) is 6.07 Å². The van der Waals surface area contributed by atoms with Gasteiger partial charge in [-0.05, 0) is 97.2 Å². The van der Waals surface area contributed by atoms with Crippen LogP contribution in [0.1, 0.15) is 78.3 Å². The Hall–Kier alpha value is -3.06. The molecule has 0 amide bonds. The summed E-state index contributed by atoms with van der Waals surface area (Å²) in [5.41, 5.74) is 7.84. The SMILES string of the molecule is Cc1c2c(cc3c1c(C1CC4(CC(C(=O)O)C4)C1)c(C1CCOCC1)n3-c1ccc(F)c(F)c1)C=NC2. The van der Waals surface area contributed by atoms with Gasteiger partial charge in [-0.25, -0.2) is 8.78 Å². The summed E-state index contributed by atoms with van der Waals surface area (Å²) in [5, 5.41) is 10.6. The lowest BCUT2D eigenvalue weighted by atomic mass is 9.47. The maximum atomic E-state index is 14.6. The van der Waals surface area contributed by atoms with Crippen LogP contribution >= 0.6 is 0 Å². The number of halogens is 2. The van der Waals surface area contributed by atoms with E-state index in [1.165, 1.54) is 39.9 Å². The van der Waals surface area contributed by atoms with E-state index in [-0.39, 0.29) is 17.3 Å². The van der Waals surface area contributed by atoms with Gasteiger partial charge in [-0.2, -0.15) is 0 Å². The highest BCUT2D eigenvalue weighted by atomic mass is 19.2. The second kappa shape index (κ2) is 8.22. The highest BCUT2D eigenvalue weighted by Crippen LogP contribution is 2.65. The molecule has 3 fully saturated rings. The lowest BCUT2D eigenvalue weighted by Crippen LogP contribution is -2.49. The van der Waals surface area contributed by atoms with Gasteiger partial charge in [0.15, 0.2) is 11.6 Å². The second-order valence-electron chi connectivity index (χ2n) is 11.6. The third-order valence-corrected chi connectivity index (χ3v) is 9.48. The molecule has 2 saturated carbocycles. The fourth-order valence-electron chi connectivity index (χ4n) is 7.69. The number of aliphatic imine (C=N–C) groups is 1. The quantitative estimate of drug-likeness (QED) is 0.447. The average molecular weight is 505 g/mol. The predicted octanol–water partition coefficient (Wildman–Crippen LogP) is 6.40. The van der Waals surface area contributed by atoms with Crippen LogP contribution in [-0.2, 0) is 16.1 Å². The van der Waals surface area contributed by atoms with Gasteiger partial charge in [0.25, 0.3) is 0 Å². The summed E-state index contributed by atoms with van der Waals surface area (Å²) in [5.74, 6) is -2.04. The number of fused-ring (bicyclic) bond motifs is 2. The minimum Gasteiger partial charge on any atom is -0.481 e. The topological polar surface area (TPSA) is 63.8 Å². The number of benzene rings is 2. The van der Waals surface area contributed by atoms with E-state index in [0.717, 1.165) is 49.6 Å². The minimum absolute atomic E-state index is 0.130. The first kappa shape index (κ1) is 23.1. The number of hydrogen-bond acceptors (Lipinski definition) is 3. The number of carboxylic acids is 1. The van der Waals surface area contributed by atoms with Crippen LogP contribution in [0.5, 0.6) is 0 Å². The molecule has 3 aromatic rings. The summed E-state index contributed by atoms with van der Waals surface area (Å²) >= 11 is 0. The summed E-state index contributed by atoms with van der Waals surface area (Å²) in [4.78, 5) is 16.0. The molecule has 4 aliphatic rings. The normalized spacial score (nSPS) is 26.9. The average Bonchev–Trinajstić information content (AvgIpc) is 3.43. The molecule has 5 nitrogen and oxygen atoms in total. The van der Waals surface area contributed by atoms with Crippen LogP contribution in [0.4, 0.5) is 8.78 Å². The molecule has 0 bridgehead atoms. The highest BCUT2D eigenvalue weighted by Gasteiger charge is 2.56. The lowest BCUT2D eigenvalue weighted by Gasteiger charge is -2.57. The Morgan fingerprint density at radius 3 is 2.54 bits per heavy atom. The number of rotatable bonds is 4. The zero-order chi connectivity index (χ0) is 25.5. The number of carboxylic acid groups (broad SMARTS) is 1. The predicted molar refractivity (Wildman–Crippen MR) is 137 cm³/mol. The molecule has 1 aromatic heterocycles. The van der Waals surface area contributed by atoms with E-state index >= 15 is 0 Å². The van der Waals surface area contributed by atoms with Crippen molar-refractivity contribution in [2.45, 2.75) is 63.8 Å². The molecule has 0 radical (unpaired) electrons. The highest BCUT2D eigenvalue weighted by molar-refractivity contribution is 5.99. The molecular formula is C30H30F2N2O3. The van der Waals surface area contributed by atoms with E-state index in [4.69, 9.17) is 4.74 Å². The molecule has 7 heteroatoms. The first-order valence-corrected chi connectivity index (χ1v) is 13.3. The van der Waals surface area contributed by atoms with Crippen molar-refractivity contribution in [2.24, 2.45) is 16.3 Å². The summed E-state index contributed by atoms with van der Waals surface area (Å²) in [7, 11) is 0. The zero-order valence-corrected chi connectivity index (χ0v) is 20.9. The van der Waals surface area contributed by atoms with Gasteiger partial charge in [0.1, 0.15) is 0 Å². The summed E-state index contributed by atoms with van der Waals surface area (Å²) in [6.45, 7) is 4.19. The number of ether oxygens (including phenoxy) is 1. The molecule has 0 unspecified atom stereocenters. The molecule has 2 aliphatic carbocycles. The third kappa shape index (κ3) is 3.43.